The molecule has 0 unspecified atom stereocenters. The number of nitrogens with one attached hydrogen (secondary N) is 3. The maximum absolute atomic E-state index is 13.3. The number of carbonyl (C=O) groups is 3. The number of hydrogen-bond donors (Lipinski definition) is 4. The molecule has 0 radical (unpaired) electrons. The first-order valence-corrected chi connectivity index (χ1v) is 16.4. The molecule has 2 aromatic carbocycles. The maximum atomic E-state index is 13.3. The van der Waals surface area contributed by atoms with E-state index in [9.17, 15) is 19.5 Å². The standard InChI is InChI=1S/C34H35Cl2N7O5/c1-48-30(45)17-38-24-9-4-13-43-29(24)15-28(41-43)34(47)40-26-8-3-6-23(32(26)36)22-5-2-7-25(31(22)35)39-33(46)27-11-10-20(16-37-27)18-42-14-12-21(44)19-42/h2-3,5-8,10-11,15-16,21,24,38,44H,4,9,12-14,17-19H2,1H3,(H,39,46)(H,40,47)/t21-,24+/m1/s1. The number of halogens is 2. The highest BCUT2D eigenvalue weighted by Crippen LogP contribution is 2.40. The predicted molar refractivity (Wildman–Crippen MR) is 182 cm³/mol. The highest BCUT2D eigenvalue weighted by atomic mass is 35.5. The molecular formula is C34H35Cl2N7O5. The Bertz CT molecular complexity index is 1830. The number of likely N-dealkylation sites (tertiary alicyclic amines) is 1. The lowest BCUT2D eigenvalue weighted by molar-refractivity contribution is -0.139. The van der Waals surface area contributed by atoms with Crippen molar-refractivity contribution in [3.05, 3.63) is 93.5 Å². The van der Waals surface area contributed by atoms with Gasteiger partial charge in [-0.05, 0) is 49.1 Å². The van der Waals surface area contributed by atoms with E-state index in [0.717, 1.165) is 37.1 Å². The van der Waals surface area contributed by atoms with Gasteiger partial charge in [0.05, 0.1) is 46.9 Å². The lowest BCUT2D eigenvalue weighted by Crippen LogP contribution is -2.32. The minimum Gasteiger partial charge on any atom is -0.468 e. The summed E-state index contributed by atoms with van der Waals surface area (Å²) in [5.74, 6) is -1.23. The molecule has 250 valence electrons. The minimum atomic E-state index is -0.439. The van der Waals surface area contributed by atoms with E-state index < -0.39 is 11.8 Å². The zero-order valence-electron chi connectivity index (χ0n) is 26.2. The first-order valence-electron chi connectivity index (χ1n) is 15.6. The van der Waals surface area contributed by atoms with Gasteiger partial charge >= 0.3 is 5.97 Å². The van der Waals surface area contributed by atoms with Gasteiger partial charge in [0, 0.05) is 49.5 Å². The number of aromatic nitrogens is 3. The summed E-state index contributed by atoms with van der Waals surface area (Å²) in [6.45, 7) is 2.82. The molecule has 12 nitrogen and oxygen atoms in total. The Morgan fingerprint density at radius 3 is 2.23 bits per heavy atom. The molecule has 4 N–H and O–H groups in total. The Kier molecular flexibility index (Phi) is 10.4. The molecule has 48 heavy (non-hydrogen) atoms. The summed E-state index contributed by atoms with van der Waals surface area (Å²) in [7, 11) is 1.34. The van der Waals surface area contributed by atoms with Gasteiger partial charge in [-0.15, -0.1) is 0 Å². The Morgan fingerprint density at radius 1 is 0.938 bits per heavy atom. The van der Waals surface area contributed by atoms with Crippen molar-refractivity contribution in [2.24, 2.45) is 0 Å². The Balaban J connectivity index is 1.14. The van der Waals surface area contributed by atoms with E-state index in [1.165, 1.54) is 7.11 Å². The van der Waals surface area contributed by atoms with Gasteiger partial charge in [-0.3, -0.25) is 34.3 Å². The number of methoxy groups -OCH3 is 1. The fourth-order valence-corrected chi connectivity index (χ4v) is 6.54. The number of pyridine rings is 1. The molecule has 1 saturated heterocycles. The number of β-amino-alcohol motifs (C(OH)–C–C–N with tert-alkyl or cyclic N) is 1. The number of aryl methyl sites for hydroxylation is 1. The third kappa shape index (κ3) is 7.53. The van der Waals surface area contributed by atoms with Crippen molar-refractivity contribution in [3.8, 4) is 11.1 Å². The predicted octanol–water partition coefficient (Wildman–Crippen LogP) is 4.92. The van der Waals surface area contributed by atoms with Crippen LogP contribution < -0.4 is 16.0 Å². The maximum Gasteiger partial charge on any atom is 0.319 e. The van der Waals surface area contributed by atoms with Crippen molar-refractivity contribution < 1.29 is 24.2 Å². The highest BCUT2D eigenvalue weighted by Gasteiger charge is 2.26. The SMILES string of the molecule is COC(=O)CN[C@H]1CCCn2nc(C(=O)Nc3cccc(-c4cccc(NC(=O)c5ccc(CN6CC[C@@H](O)C6)cn5)c4Cl)c3Cl)cc21. The number of rotatable bonds is 10. The minimum absolute atomic E-state index is 0.0553. The fourth-order valence-electron chi connectivity index (χ4n) is 5.99. The van der Waals surface area contributed by atoms with Crippen molar-refractivity contribution in [2.75, 3.05) is 37.4 Å². The van der Waals surface area contributed by atoms with Crippen LogP contribution in [-0.2, 0) is 22.6 Å². The summed E-state index contributed by atoms with van der Waals surface area (Å²) in [4.78, 5) is 44.5. The number of aliphatic hydroxyl groups is 1. The van der Waals surface area contributed by atoms with Crippen molar-refractivity contribution in [1.29, 1.82) is 0 Å². The average molecular weight is 693 g/mol. The molecule has 0 saturated carbocycles. The highest BCUT2D eigenvalue weighted by molar-refractivity contribution is 6.40. The molecule has 0 spiro atoms. The quantitative estimate of drug-likeness (QED) is 0.170. The zero-order valence-corrected chi connectivity index (χ0v) is 27.7. The Hall–Kier alpha value is -4.33. The molecule has 0 bridgehead atoms. The van der Waals surface area contributed by atoms with Gasteiger partial charge in [-0.1, -0.05) is 53.5 Å². The van der Waals surface area contributed by atoms with Gasteiger partial charge in [0.1, 0.15) is 5.69 Å². The number of nitrogens with zero attached hydrogens (tertiary/aromatic N) is 4. The van der Waals surface area contributed by atoms with Crippen LogP contribution in [0.5, 0.6) is 0 Å². The molecule has 4 heterocycles. The van der Waals surface area contributed by atoms with Crippen LogP contribution in [0.25, 0.3) is 11.1 Å². The van der Waals surface area contributed by atoms with Gasteiger partial charge in [-0.2, -0.15) is 5.10 Å². The third-order valence-electron chi connectivity index (χ3n) is 8.48. The van der Waals surface area contributed by atoms with Crippen molar-refractivity contribution in [1.82, 2.24) is 25.0 Å². The average Bonchev–Trinajstić information content (AvgIpc) is 3.72. The molecule has 2 amide bonds. The van der Waals surface area contributed by atoms with Crippen LogP contribution in [0.2, 0.25) is 10.0 Å². The van der Waals surface area contributed by atoms with Crippen LogP contribution in [0.3, 0.4) is 0 Å². The fraction of sp³-hybridized carbons (Fsp3) is 0.324. The van der Waals surface area contributed by atoms with Crippen molar-refractivity contribution >= 4 is 52.4 Å². The van der Waals surface area contributed by atoms with Crippen LogP contribution in [-0.4, -0.2) is 75.4 Å². The number of benzene rings is 2. The Labute approximate surface area is 287 Å². The van der Waals surface area contributed by atoms with Gasteiger partial charge in [-0.25, -0.2) is 0 Å². The molecule has 2 atom stereocenters. The van der Waals surface area contributed by atoms with Crippen molar-refractivity contribution in [3.63, 3.8) is 0 Å². The molecule has 2 aromatic heterocycles. The van der Waals surface area contributed by atoms with Gasteiger partial charge in [0.2, 0.25) is 0 Å². The smallest absolute Gasteiger partial charge is 0.319 e. The number of ether oxygens (including phenoxy) is 1. The topological polar surface area (TPSA) is 151 Å². The summed E-state index contributed by atoms with van der Waals surface area (Å²) in [5, 5.41) is 23.7. The normalized spacial score (nSPS) is 17.5. The third-order valence-corrected chi connectivity index (χ3v) is 9.29. The van der Waals surface area contributed by atoms with E-state index in [1.807, 2.05) is 6.07 Å². The van der Waals surface area contributed by atoms with E-state index >= 15 is 0 Å². The van der Waals surface area contributed by atoms with Crippen LogP contribution in [0.15, 0.2) is 60.8 Å². The van der Waals surface area contributed by atoms with Crippen LogP contribution in [0.1, 0.15) is 57.5 Å². The van der Waals surface area contributed by atoms with Crippen molar-refractivity contribution in [2.45, 2.75) is 44.5 Å². The molecule has 2 aliphatic heterocycles. The molecule has 6 rings (SSSR count). The number of carbonyl (C=O) groups excluding carboxylic acids is 3. The van der Waals surface area contributed by atoms with Gasteiger partial charge in [0.25, 0.3) is 11.8 Å². The van der Waals surface area contributed by atoms with E-state index in [4.69, 9.17) is 27.9 Å². The largest absolute Gasteiger partial charge is 0.468 e. The number of amides is 2. The second-order valence-electron chi connectivity index (χ2n) is 11.8. The van der Waals surface area contributed by atoms with Gasteiger partial charge < -0.3 is 20.5 Å². The lowest BCUT2D eigenvalue weighted by Gasteiger charge is -2.24. The monoisotopic (exact) mass is 691 g/mol. The number of aliphatic hydroxyl groups excluding tert-OH is 1. The number of esters is 1. The van der Waals surface area contributed by atoms with E-state index in [2.05, 4.69) is 30.9 Å². The molecule has 14 heteroatoms. The number of fused-ring (bicyclic) bond motifs is 1. The molecule has 1 fully saturated rings. The summed E-state index contributed by atoms with van der Waals surface area (Å²) in [5.41, 5.74) is 4.07. The first kappa shape index (κ1) is 33.6. The van der Waals surface area contributed by atoms with Crippen LogP contribution in [0, 0.1) is 0 Å². The summed E-state index contributed by atoms with van der Waals surface area (Å²) >= 11 is 13.6. The second-order valence-corrected chi connectivity index (χ2v) is 12.6. The van der Waals surface area contributed by atoms with E-state index in [0.29, 0.717) is 42.1 Å². The molecular weight excluding hydrogens is 657 g/mol. The summed E-state index contributed by atoms with van der Waals surface area (Å²) in [6.07, 6.45) is 3.76. The molecule has 4 aromatic rings. The summed E-state index contributed by atoms with van der Waals surface area (Å²) < 4.78 is 6.50. The molecule has 0 aliphatic carbocycles. The Morgan fingerprint density at radius 2 is 1.62 bits per heavy atom. The lowest BCUT2D eigenvalue weighted by atomic mass is 10.0. The van der Waals surface area contributed by atoms with E-state index in [1.54, 1.807) is 59.4 Å². The van der Waals surface area contributed by atoms with Crippen LogP contribution in [0.4, 0.5) is 11.4 Å². The van der Waals surface area contributed by atoms with E-state index in [-0.39, 0.29) is 46.1 Å². The number of hydrogen-bond acceptors (Lipinski definition) is 9. The first-order chi connectivity index (χ1) is 23.2. The second kappa shape index (κ2) is 14.8. The van der Waals surface area contributed by atoms with Gasteiger partial charge in [0.15, 0.2) is 5.69 Å². The van der Waals surface area contributed by atoms with Crippen LogP contribution >= 0.6 is 23.2 Å². The summed E-state index contributed by atoms with van der Waals surface area (Å²) in [6, 6.07) is 15.5. The molecule has 2 aliphatic rings. The zero-order chi connectivity index (χ0) is 33.8. The number of anilines is 2.